The van der Waals surface area contributed by atoms with E-state index in [4.69, 9.17) is 9.47 Å². The Morgan fingerprint density at radius 1 is 1.38 bits per heavy atom. The van der Waals surface area contributed by atoms with Crippen LogP contribution in [0.25, 0.3) is 6.08 Å². The van der Waals surface area contributed by atoms with E-state index in [1.165, 1.54) is 19.3 Å². The predicted molar refractivity (Wildman–Crippen MR) is 91.8 cm³/mol. The monoisotopic (exact) mass is 328 g/mol. The lowest BCUT2D eigenvalue weighted by molar-refractivity contribution is -0.136. The van der Waals surface area contributed by atoms with Crippen LogP contribution in [-0.2, 0) is 9.53 Å². The molecule has 2 rings (SSSR count). The molecule has 1 unspecified atom stereocenters. The Kier molecular flexibility index (Phi) is 6.25. The van der Waals surface area contributed by atoms with Crippen LogP contribution in [0.1, 0.15) is 12.0 Å². The lowest BCUT2D eigenvalue weighted by Gasteiger charge is -2.08. The van der Waals surface area contributed by atoms with E-state index < -0.39 is 5.97 Å². The average Bonchev–Trinajstić information content (AvgIpc) is 2.59. The van der Waals surface area contributed by atoms with Gasteiger partial charge in [0, 0.05) is 6.08 Å². The number of hydrogen-bond donors (Lipinski definition) is 2. The Morgan fingerprint density at radius 2 is 2.21 bits per heavy atom. The van der Waals surface area contributed by atoms with Crippen LogP contribution in [0, 0.1) is 5.92 Å². The van der Waals surface area contributed by atoms with E-state index in [1.807, 2.05) is 6.08 Å². The van der Waals surface area contributed by atoms with Crippen LogP contribution in [0.3, 0.4) is 0 Å². The standard InChI is InChI=1S/C19H20O5/c1-23-18-13-15(6-10-17(18)21)3-2-12-24-19(22)11-7-14-4-8-16(20)9-5-14/h2-4,6-11,13-14,20-21H,5,12H2,1H3/b3-2+,11-7+. The van der Waals surface area contributed by atoms with Crippen molar-refractivity contribution in [1.82, 2.24) is 0 Å². The smallest absolute Gasteiger partial charge is 0.330 e. The van der Waals surface area contributed by atoms with Gasteiger partial charge in [0.1, 0.15) is 12.4 Å². The lowest BCUT2D eigenvalue weighted by Crippen LogP contribution is -2.02. The number of ether oxygens (including phenoxy) is 2. The minimum absolute atomic E-state index is 0.0751. The molecule has 0 aromatic heterocycles. The van der Waals surface area contributed by atoms with Crippen LogP contribution < -0.4 is 4.74 Å². The van der Waals surface area contributed by atoms with Crippen LogP contribution in [0.2, 0.25) is 0 Å². The van der Waals surface area contributed by atoms with Gasteiger partial charge in [0.25, 0.3) is 0 Å². The summed E-state index contributed by atoms with van der Waals surface area (Å²) in [5, 5.41) is 18.7. The fourth-order valence-corrected chi connectivity index (χ4v) is 2.13. The number of aliphatic hydroxyl groups excluding tert-OH is 1. The molecule has 0 heterocycles. The van der Waals surface area contributed by atoms with E-state index in [2.05, 4.69) is 0 Å². The largest absolute Gasteiger partial charge is 0.508 e. The van der Waals surface area contributed by atoms with Gasteiger partial charge in [0.2, 0.25) is 0 Å². The molecule has 0 fully saturated rings. The van der Waals surface area contributed by atoms with Crippen molar-refractivity contribution in [2.75, 3.05) is 13.7 Å². The first-order valence-electron chi connectivity index (χ1n) is 7.54. The van der Waals surface area contributed by atoms with Crippen molar-refractivity contribution in [3.63, 3.8) is 0 Å². The zero-order valence-corrected chi connectivity index (χ0v) is 13.4. The Morgan fingerprint density at radius 3 is 2.92 bits per heavy atom. The van der Waals surface area contributed by atoms with Gasteiger partial charge in [-0.2, -0.15) is 0 Å². The van der Waals surface area contributed by atoms with Crippen molar-refractivity contribution >= 4 is 12.0 Å². The maximum atomic E-state index is 11.6. The summed E-state index contributed by atoms with van der Waals surface area (Å²) in [5.74, 6) is 0.380. The summed E-state index contributed by atoms with van der Waals surface area (Å²) in [5.41, 5.74) is 0.829. The molecule has 5 nitrogen and oxygen atoms in total. The zero-order chi connectivity index (χ0) is 17.4. The second-order valence-electron chi connectivity index (χ2n) is 5.21. The van der Waals surface area contributed by atoms with E-state index in [1.54, 1.807) is 42.5 Å². The quantitative estimate of drug-likeness (QED) is 0.617. The Labute approximate surface area is 140 Å². The number of hydrogen-bond acceptors (Lipinski definition) is 5. The van der Waals surface area contributed by atoms with Crippen molar-refractivity contribution in [3.8, 4) is 11.5 Å². The third-order valence-corrected chi connectivity index (χ3v) is 3.43. The number of aliphatic hydroxyl groups is 1. The molecule has 0 aliphatic heterocycles. The minimum Gasteiger partial charge on any atom is -0.508 e. The average molecular weight is 328 g/mol. The molecule has 24 heavy (non-hydrogen) atoms. The molecule has 1 aromatic carbocycles. The van der Waals surface area contributed by atoms with Gasteiger partial charge >= 0.3 is 5.97 Å². The number of carbonyl (C=O) groups excluding carboxylic acids is 1. The molecule has 126 valence electrons. The van der Waals surface area contributed by atoms with Gasteiger partial charge in [0.15, 0.2) is 11.5 Å². The molecule has 1 aliphatic carbocycles. The van der Waals surface area contributed by atoms with E-state index in [9.17, 15) is 15.0 Å². The van der Waals surface area contributed by atoms with Gasteiger partial charge in [-0.05, 0) is 48.3 Å². The zero-order valence-electron chi connectivity index (χ0n) is 13.4. The second-order valence-corrected chi connectivity index (χ2v) is 5.21. The molecule has 2 N–H and O–H groups in total. The first-order valence-corrected chi connectivity index (χ1v) is 7.54. The molecule has 0 amide bonds. The number of carbonyl (C=O) groups is 1. The highest BCUT2D eigenvalue weighted by Gasteiger charge is 2.05. The molecular weight excluding hydrogens is 308 g/mol. The molecule has 1 atom stereocenters. The minimum atomic E-state index is -0.421. The fraction of sp³-hybridized carbons (Fsp3) is 0.211. The first kappa shape index (κ1) is 17.4. The number of esters is 1. The molecule has 1 aromatic rings. The maximum absolute atomic E-state index is 11.6. The summed E-state index contributed by atoms with van der Waals surface area (Å²) in [6.07, 6.45) is 12.4. The molecule has 0 radical (unpaired) electrons. The predicted octanol–water partition coefficient (Wildman–Crippen LogP) is 3.53. The molecule has 5 heteroatoms. The van der Waals surface area contributed by atoms with Gasteiger partial charge in [0.05, 0.1) is 7.11 Å². The summed E-state index contributed by atoms with van der Waals surface area (Å²) in [6.45, 7) is 0.146. The third-order valence-electron chi connectivity index (χ3n) is 3.43. The van der Waals surface area contributed by atoms with Crippen LogP contribution >= 0.6 is 0 Å². The molecule has 0 spiro atoms. The molecule has 1 aliphatic rings. The van der Waals surface area contributed by atoms with Crippen molar-refractivity contribution < 1.29 is 24.5 Å². The first-order chi connectivity index (χ1) is 11.6. The Balaban J connectivity index is 1.77. The van der Waals surface area contributed by atoms with Crippen molar-refractivity contribution in [1.29, 1.82) is 0 Å². The van der Waals surface area contributed by atoms with E-state index in [0.717, 1.165) is 5.56 Å². The van der Waals surface area contributed by atoms with Gasteiger partial charge < -0.3 is 19.7 Å². The van der Waals surface area contributed by atoms with Crippen LogP contribution in [-0.4, -0.2) is 29.9 Å². The summed E-state index contributed by atoms with van der Waals surface area (Å²) in [7, 11) is 1.48. The third kappa shape index (κ3) is 5.35. The summed E-state index contributed by atoms with van der Waals surface area (Å²) < 4.78 is 10.1. The number of phenolic OH excluding ortho intramolecular Hbond substituents is 1. The Bertz CT molecular complexity index is 698. The van der Waals surface area contributed by atoms with E-state index in [-0.39, 0.29) is 24.0 Å². The van der Waals surface area contributed by atoms with Crippen LogP contribution in [0.5, 0.6) is 11.5 Å². The molecule has 0 saturated heterocycles. The number of benzene rings is 1. The highest BCUT2D eigenvalue weighted by molar-refractivity contribution is 5.82. The van der Waals surface area contributed by atoms with Gasteiger partial charge in [-0.15, -0.1) is 0 Å². The molecule has 0 bridgehead atoms. The number of rotatable bonds is 6. The van der Waals surface area contributed by atoms with Gasteiger partial charge in [-0.1, -0.05) is 24.3 Å². The summed E-state index contributed by atoms with van der Waals surface area (Å²) >= 11 is 0. The number of methoxy groups -OCH3 is 1. The molecular formula is C19H20O5. The van der Waals surface area contributed by atoms with Crippen LogP contribution in [0.15, 0.2) is 60.4 Å². The summed E-state index contributed by atoms with van der Waals surface area (Å²) in [4.78, 5) is 11.6. The number of aromatic hydroxyl groups is 1. The Hall–Kier alpha value is -2.95. The van der Waals surface area contributed by atoms with Gasteiger partial charge in [-0.3, -0.25) is 0 Å². The number of phenols is 1. The maximum Gasteiger partial charge on any atom is 0.330 e. The second kappa shape index (κ2) is 8.62. The SMILES string of the molecule is COc1cc(/C=C/COC(=O)/C=C/C2C=CC(O)=CC2)ccc1O. The molecule has 0 saturated carbocycles. The van der Waals surface area contributed by atoms with Crippen molar-refractivity contribution in [3.05, 3.63) is 66.0 Å². The van der Waals surface area contributed by atoms with Crippen molar-refractivity contribution in [2.45, 2.75) is 6.42 Å². The summed E-state index contributed by atoms with van der Waals surface area (Å²) in [6, 6.07) is 4.96. The lowest BCUT2D eigenvalue weighted by atomic mass is 10.00. The highest BCUT2D eigenvalue weighted by Crippen LogP contribution is 2.26. The topological polar surface area (TPSA) is 76.0 Å². The number of allylic oxidation sites excluding steroid dienone is 4. The van der Waals surface area contributed by atoms with Crippen LogP contribution in [0.4, 0.5) is 0 Å². The van der Waals surface area contributed by atoms with Gasteiger partial charge in [-0.25, -0.2) is 4.79 Å². The van der Waals surface area contributed by atoms with E-state index in [0.29, 0.717) is 12.2 Å². The fourth-order valence-electron chi connectivity index (χ4n) is 2.13. The highest BCUT2D eigenvalue weighted by atomic mass is 16.5. The van der Waals surface area contributed by atoms with Crippen molar-refractivity contribution in [2.24, 2.45) is 5.92 Å². The van der Waals surface area contributed by atoms with E-state index >= 15 is 0 Å². The normalized spacial score (nSPS) is 17.2.